The minimum atomic E-state index is 0.722. The van der Waals surface area contributed by atoms with Gasteiger partial charge >= 0.3 is 0 Å². The Hall–Kier alpha value is -0.300. The average molecular weight is 179 g/mol. The molecule has 0 aromatic carbocycles. The summed E-state index contributed by atoms with van der Waals surface area (Å²) in [6.07, 6.45) is 8.99. The molecule has 2 rings (SSSR count). The van der Waals surface area contributed by atoms with Crippen LogP contribution in [0, 0.1) is 17.8 Å². The van der Waals surface area contributed by atoms with Crippen molar-refractivity contribution in [2.24, 2.45) is 17.8 Å². The van der Waals surface area contributed by atoms with Gasteiger partial charge in [-0.2, -0.15) is 0 Å². The molecule has 1 nitrogen and oxygen atoms in total. The Labute approximate surface area is 81.6 Å². The van der Waals surface area contributed by atoms with Gasteiger partial charge < -0.3 is 5.32 Å². The van der Waals surface area contributed by atoms with Crippen LogP contribution in [0.4, 0.5) is 0 Å². The summed E-state index contributed by atoms with van der Waals surface area (Å²) in [5, 5.41) is 3.63. The summed E-state index contributed by atoms with van der Waals surface area (Å²) in [7, 11) is 0. The number of allylic oxidation sites excluding steroid dienone is 2. The molecule has 0 aliphatic heterocycles. The quantitative estimate of drug-likeness (QED) is 0.654. The van der Waals surface area contributed by atoms with E-state index in [1.165, 1.54) is 25.8 Å². The van der Waals surface area contributed by atoms with Gasteiger partial charge in [0.25, 0.3) is 0 Å². The zero-order valence-electron chi connectivity index (χ0n) is 8.79. The van der Waals surface area contributed by atoms with Gasteiger partial charge in [0.15, 0.2) is 0 Å². The topological polar surface area (TPSA) is 12.0 Å². The maximum absolute atomic E-state index is 3.63. The first kappa shape index (κ1) is 9.26. The molecular formula is C12H21N. The number of rotatable bonds is 4. The van der Waals surface area contributed by atoms with Gasteiger partial charge in [-0.1, -0.05) is 19.1 Å². The van der Waals surface area contributed by atoms with Crippen LogP contribution in [0.1, 0.15) is 33.1 Å². The lowest BCUT2D eigenvalue weighted by molar-refractivity contribution is 0.328. The molecule has 2 aliphatic carbocycles. The van der Waals surface area contributed by atoms with Gasteiger partial charge in [-0.05, 0) is 50.5 Å². The average Bonchev–Trinajstić information content (AvgIpc) is 2.74. The Morgan fingerprint density at radius 1 is 1.38 bits per heavy atom. The van der Waals surface area contributed by atoms with Crippen molar-refractivity contribution in [1.29, 1.82) is 0 Å². The maximum Gasteiger partial charge on any atom is 0.00728 e. The lowest BCUT2D eigenvalue weighted by Gasteiger charge is -2.26. The predicted molar refractivity (Wildman–Crippen MR) is 56.6 cm³/mol. The van der Waals surface area contributed by atoms with E-state index in [0.29, 0.717) is 0 Å². The zero-order valence-corrected chi connectivity index (χ0v) is 8.79. The third-order valence-electron chi connectivity index (χ3n) is 3.69. The second-order valence-corrected chi connectivity index (χ2v) is 4.69. The van der Waals surface area contributed by atoms with Crippen LogP contribution in [0.3, 0.4) is 0 Å². The van der Waals surface area contributed by atoms with Crippen LogP contribution in [-0.4, -0.2) is 12.6 Å². The van der Waals surface area contributed by atoms with Crippen LogP contribution in [-0.2, 0) is 0 Å². The standard InChI is InChI=1S/C12H21N/c1-3-6-13-9(2)12-8-10-4-5-11(12)7-10/h4-5,9-13H,3,6-8H2,1-2H3. The summed E-state index contributed by atoms with van der Waals surface area (Å²) in [5.41, 5.74) is 0. The van der Waals surface area contributed by atoms with E-state index in [4.69, 9.17) is 0 Å². The van der Waals surface area contributed by atoms with E-state index in [0.717, 1.165) is 23.8 Å². The highest BCUT2D eigenvalue weighted by molar-refractivity contribution is 5.11. The molecule has 13 heavy (non-hydrogen) atoms. The van der Waals surface area contributed by atoms with E-state index in [1.807, 2.05) is 0 Å². The molecule has 0 aromatic heterocycles. The van der Waals surface area contributed by atoms with Crippen LogP contribution in [0.15, 0.2) is 12.2 Å². The van der Waals surface area contributed by atoms with Crippen molar-refractivity contribution < 1.29 is 0 Å². The zero-order chi connectivity index (χ0) is 9.26. The van der Waals surface area contributed by atoms with Gasteiger partial charge in [0, 0.05) is 6.04 Å². The van der Waals surface area contributed by atoms with Crippen LogP contribution in [0.2, 0.25) is 0 Å². The smallest absolute Gasteiger partial charge is 0.00728 e. The summed E-state index contributed by atoms with van der Waals surface area (Å²) < 4.78 is 0. The number of hydrogen-bond donors (Lipinski definition) is 1. The number of hydrogen-bond acceptors (Lipinski definition) is 1. The van der Waals surface area contributed by atoms with Gasteiger partial charge in [0.05, 0.1) is 0 Å². The van der Waals surface area contributed by atoms with Crippen molar-refractivity contribution in [2.45, 2.75) is 39.2 Å². The second kappa shape index (κ2) is 3.83. The summed E-state index contributed by atoms with van der Waals surface area (Å²) in [5.74, 6) is 2.73. The summed E-state index contributed by atoms with van der Waals surface area (Å²) in [6.45, 7) is 5.77. The van der Waals surface area contributed by atoms with Gasteiger partial charge in [0.1, 0.15) is 0 Å². The Balaban J connectivity index is 1.84. The normalized spacial score (nSPS) is 38.5. The van der Waals surface area contributed by atoms with E-state index in [2.05, 4.69) is 31.3 Å². The minimum Gasteiger partial charge on any atom is -0.314 e. The monoisotopic (exact) mass is 179 g/mol. The summed E-state index contributed by atoms with van der Waals surface area (Å²) in [6, 6.07) is 0.722. The third-order valence-corrected chi connectivity index (χ3v) is 3.69. The van der Waals surface area contributed by atoms with Gasteiger partial charge in [0.2, 0.25) is 0 Å². The van der Waals surface area contributed by atoms with E-state index >= 15 is 0 Å². The molecule has 4 atom stereocenters. The predicted octanol–water partition coefficient (Wildman–Crippen LogP) is 2.59. The highest BCUT2D eigenvalue weighted by Gasteiger charge is 2.37. The Morgan fingerprint density at radius 3 is 2.77 bits per heavy atom. The third kappa shape index (κ3) is 1.80. The van der Waals surface area contributed by atoms with Crippen molar-refractivity contribution in [3.05, 3.63) is 12.2 Å². The molecule has 0 saturated heterocycles. The number of fused-ring (bicyclic) bond motifs is 2. The van der Waals surface area contributed by atoms with E-state index in [-0.39, 0.29) is 0 Å². The molecule has 0 amide bonds. The lowest BCUT2D eigenvalue weighted by atomic mass is 9.87. The fourth-order valence-corrected chi connectivity index (χ4v) is 2.92. The molecular weight excluding hydrogens is 158 g/mol. The Bertz CT molecular complexity index is 197. The maximum atomic E-state index is 3.63. The van der Waals surface area contributed by atoms with Crippen LogP contribution < -0.4 is 5.32 Å². The molecule has 1 saturated carbocycles. The molecule has 74 valence electrons. The lowest BCUT2D eigenvalue weighted by Crippen LogP contribution is -2.35. The van der Waals surface area contributed by atoms with Gasteiger partial charge in [-0.15, -0.1) is 0 Å². The molecule has 1 N–H and O–H groups in total. The molecule has 0 aromatic rings. The SMILES string of the molecule is CCCNC(C)C1CC2C=CC1C2. The Kier molecular flexibility index (Phi) is 2.73. The van der Waals surface area contributed by atoms with Crippen molar-refractivity contribution in [3.8, 4) is 0 Å². The van der Waals surface area contributed by atoms with Crippen molar-refractivity contribution >= 4 is 0 Å². The molecule has 4 unspecified atom stereocenters. The van der Waals surface area contributed by atoms with E-state index in [9.17, 15) is 0 Å². The van der Waals surface area contributed by atoms with Crippen molar-refractivity contribution in [3.63, 3.8) is 0 Å². The molecule has 2 bridgehead atoms. The first-order chi connectivity index (χ1) is 6.31. The first-order valence-electron chi connectivity index (χ1n) is 5.73. The van der Waals surface area contributed by atoms with Crippen molar-refractivity contribution in [2.75, 3.05) is 6.54 Å². The van der Waals surface area contributed by atoms with E-state index < -0.39 is 0 Å². The highest BCUT2D eigenvalue weighted by atomic mass is 14.9. The molecule has 2 aliphatic rings. The number of nitrogens with one attached hydrogen (secondary N) is 1. The van der Waals surface area contributed by atoms with Gasteiger partial charge in [-0.3, -0.25) is 0 Å². The van der Waals surface area contributed by atoms with Crippen LogP contribution in [0.25, 0.3) is 0 Å². The molecule has 1 heteroatoms. The largest absolute Gasteiger partial charge is 0.314 e. The highest BCUT2D eigenvalue weighted by Crippen LogP contribution is 2.44. The van der Waals surface area contributed by atoms with E-state index in [1.54, 1.807) is 0 Å². The van der Waals surface area contributed by atoms with Crippen LogP contribution >= 0.6 is 0 Å². The van der Waals surface area contributed by atoms with Gasteiger partial charge in [-0.25, -0.2) is 0 Å². The molecule has 1 fully saturated rings. The van der Waals surface area contributed by atoms with Crippen LogP contribution in [0.5, 0.6) is 0 Å². The fourth-order valence-electron chi connectivity index (χ4n) is 2.92. The summed E-state index contributed by atoms with van der Waals surface area (Å²) >= 11 is 0. The Morgan fingerprint density at radius 2 is 2.23 bits per heavy atom. The fraction of sp³-hybridized carbons (Fsp3) is 0.833. The first-order valence-corrected chi connectivity index (χ1v) is 5.73. The van der Waals surface area contributed by atoms with Crippen molar-refractivity contribution in [1.82, 2.24) is 5.32 Å². The second-order valence-electron chi connectivity index (χ2n) is 4.69. The summed E-state index contributed by atoms with van der Waals surface area (Å²) in [4.78, 5) is 0. The molecule has 0 spiro atoms. The minimum absolute atomic E-state index is 0.722. The molecule has 0 radical (unpaired) electrons. The molecule has 0 heterocycles.